The summed E-state index contributed by atoms with van der Waals surface area (Å²) in [5.41, 5.74) is 0.437. The molecule has 328 valence electrons. The quantitative estimate of drug-likeness (QED) is 0.0385. The number of hydrogen-bond acceptors (Lipinski definition) is 19. The van der Waals surface area contributed by atoms with Crippen LogP contribution in [0, 0.1) is 0 Å². The summed E-state index contributed by atoms with van der Waals surface area (Å²) in [4.78, 5) is 59.4. The molecule has 2 aromatic rings. The van der Waals surface area contributed by atoms with Crippen LogP contribution < -0.4 is 10.6 Å². The average Bonchev–Trinajstić information content (AvgIpc) is 3.66. The van der Waals surface area contributed by atoms with Gasteiger partial charge in [-0.1, -0.05) is 0 Å². The third-order valence-electron chi connectivity index (χ3n) is 7.04. The SMILES string of the molecule is O=C(NCCCOCCOCCOCCOCCOCCCNc1ncnc2c1ncn2[C@@H]1O[C@H](COP(=O)(O)OP(=O)(O)OP(=O)(O)O)C(O)[C@@H]1O)C(F)(F)F. The van der Waals surface area contributed by atoms with E-state index in [1.165, 1.54) is 17.2 Å². The van der Waals surface area contributed by atoms with Crippen molar-refractivity contribution in [1.29, 1.82) is 0 Å². The van der Waals surface area contributed by atoms with Gasteiger partial charge in [-0.3, -0.25) is 13.9 Å². The van der Waals surface area contributed by atoms with Gasteiger partial charge < -0.3 is 68.8 Å². The molecule has 0 aliphatic carbocycles. The number of aromatic nitrogens is 4. The zero-order valence-electron chi connectivity index (χ0n) is 29.8. The molecule has 0 radical (unpaired) electrons. The van der Waals surface area contributed by atoms with Crippen LogP contribution in [0.5, 0.6) is 0 Å². The molecule has 1 saturated heterocycles. The van der Waals surface area contributed by atoms with Crippen LogP contribution in [0.3, 0.4) is 0 Å². The number of ether oxygens (including phenoxy) is 6. The lowest BCUT2D eigenvalue weighted by Crippen LogP contribution is -2.37. The first-order chi connectivity index (χ1) is 26.8. The molecule has 1 aliphatic rings. The van der Waals surface area contributed by atoms with Crippen molar-refractivity contribution < 1.29 is 103 Å². The molecular weight excluding hydrogens is 850 g/mol. The molecule has 3 heterocycles. The molecule has 0 saturated carbocycles. The largest absolute Gasteiger partial charge is 0.490 e. The van der Waals surface area contributed by atoms with E-state index in [2.05, 4.69) is 33.4 Å². The minimum atomic E-state index is -5.77. The maximum atomic E-state index is 12.1. The number of rotatable bonds is 29. The van der Waals surface area contributed by atoms with Crippen LogP contribution in [0.1, 0.15) is 19.1 Å². The maximum absolute atomic E-state index is 12.1. The number of carbonyl (C=O) groups is 1. The zero-order chi connectivity index (χ0) is 42.1. The highest BCUT2D eigenvalue weighted by atomic mass is 31.3. The lowest BCUT2D eigenvalue weighted by Gasteiger charge is -2.19. The number of alkyl halides is 3. The van der Waals surface area contributed by atoms with Crippen LogP contribution in [0.4, 0.5) is 19.0 Å². The van der Waals surface area contributed by atoms with Gasteiger partial charge in [-0.2, -0.15) is 21.8 Å². The Labute approximate surface area is 321 Å². The molecule has 1 amide bonds. The van der Waals surface area contributed by atoms with Crippen LogP contribution in [0.25, 0.3) is 11.2 Å². The Hall–Kier alpha value is -2.30. The Morgan fingerprint density at radius 2 is 1.32 bits per heavy atom. The molecular formula is C26H44F3N6O19P3. The summed E-state index contributed by atoms with van der Waals surface area (Å²) >= 11 is 0. The number of fused-ring (bicyclic) bond motifs is 1. The molecule has 8 N–H and O–H groups in total. The summed E-state index contributed by atoms with van der Waals surface area (Å²) in [7, 11) is -16.9. The lowest BCUT2D eigenvalue weighted by atomic mass is 10.1. The highest BCUT2D eigenvalue weighted by molar-refractivity contribution is 7.66. The van der Waals surface area contributed by atoms with Crippen molar-refractivity contribution >= 4 is 46.4 Å². The van der Waals surface area contributed by atoms with Gasteiger partial charge in [0, 0.05) is 26.3 Å². The van der Waals surface area contributed by atoms with Gasteiger partial charge in [0.2, 0.25) is 0 Å². The summed E-state index contributed by atoms with van der Waals surface area (Å²) in [6.07, 6.45) is -7.90. The lowest BCUT2D eigenvalue weighted by molar-refractivity contribution is -0.173. The molecule has 3 unspecified atom stereocenters. The highest BCUT2D eigenvalue weighted by Gasteiger charge is 2.47. The summed E-state index contributed by atoms with van der Waals surface area (Å²) in [5, 5.41) is 25.9. The van der Waals surface area contributed by atoms with E-state index in [1.54, 1.807) is 5.32 Å². The number of phosphoric acid groups is 3. The second kappa shape index (κ2) is 23.5. The van der Waals surface area contributed by atoms with Crippen LogP contribution in [0.15, 0.2) is 12.7 Å². The van der Waals surface area contributed by atoms with Gasteiger partial charge >= 0.3 is 35.6 Å². The predicted octanol–water partition coefficient (Wildman–Crippen LogP) is -0.258. The first-order valence-corrected chi connectivity index (χ1v) is 21.3. The van der Waals surface area contributed by atoms with E-state index < -0.39 is 66.7 Å². The van der Waals surface area contributed by atoms with Crippen molar-refractivity contribution in [2.45, 2.75) is 43.6 Å². The third kappa shape index (κ3) is 18.2. The van der Waals surface area contributed by atoms with Gasteiger partial charge in [0.1, 0.15) is 24.6 Å². The van der Waals surface area contributed by atoms with Gasteiger partial charge in [-0.05, 0) is 12.8 Å². The Morgan fingerprint density at radius 1 is 0.772 bits per heavy atom. The maximum Gasteiger partial charge on any atom is 0.490 e. The Morgan fingerprint density at radius 3 is 1.86 bits per heavy atom. The van der Waals surface area contributed by atoms with E-state index in [1.807, 2.05) is 0 Å². The van der Waals surface area contributed by atoms with E-state index in [0.717, 1.165) is 0 Å². The number of nitrogens with one attached hydrogen (secondary N) is 2. The van der Waals surface area contributed by atoms with Gasteiger partial charge in [0.25, 0.3) is 0 Å². The van der Waals surface area contributed by atoms with E-state index in [0.29, 0.717) is 65.0 Å². The number of hydrogen-bond donors (Lipinski definition) is 8. The van der Waals surface area contributed by atoms with Crippen LogP contribution in [0.2, 0.25) is 0 Å². The van der Waals surface area contributed by atoms with Crippen LogP contribution in [-0.4, -0.2) is 165 Å². The number of aliphatic hydroxyl groups excluding tert-OH is 2. The van der Waals surface area contributed by atoms with Crippen molar-refractivity contribution in [2.75, 3.05) is 91.1 Å². The minimum absolute atomic E-state index is 0.146. The molecule has 0 aromatic carbocycles. The summed E-state index contributed by atoms with van der Waals surface area (Å²) < 4.78 is 116. The molecule has 2 aromatic heterocycles. The predicted molar refractivity (Wildman–Crippen MR) is 182 cm³/mol. The molecule has 25 nitrogen and oxygen atoms in total. The first kappa shape index (κ1) is 49.1. The molecule has 6 atom stereocenters. The van der Waals surface area contributed by atoms with Crippen molar-refractivity contribution in [3.8, 4) is 0 Å². The third-order valence-corrected chi connectivity index (χ3v) is 10.8. The first-order valence-electron chi connectivity index (χ1n) is 16.7. The molecule has 0 spiro atoms. The number of imidazole rings is 1. The molecule has 1 fully saturated rings. The van der Waals surface area contributed by atoms with Gasteiger partial charge in [0.05, 0.1) is 65.8 Å². The standard InChI is InChI=1S/C26H44F3N6O19P3/c27-26(28,29)25(38)31-4-2-6-47-8-10-49-12-14-50-13-11-48-9-7-46-5-1-3-30-22-19-23(33-16-32-22)35(17-34-19)24-21(37)20(36)18(52-24)15-51-56(42,43)54-57(44,45)53-55(39,40)41/h16-18,20-21,24,36-37H,1-15H2,(H,31,38)(H,42,43)(H,44,45)(H,30,32,33)(H2,39,40,41)/t18-,20?,21+,24-/m1/s1. The molecule has 0 bridgehead atoms. The number of halogens is 3. The van der Waals surface area contributed by atoms with Crippen molar-refractivity contribution in [2.24, 2.45) is 0 Å². The van der Waals surface area contributed by atoms with Gasteiger partial charge in [-0.25, -0.2) is 28.6 Å². The number of phosphoric ester groups is 1. The van der Waals surface area contributed by atoms with Crippen molar-refractivity contribution in [1.82, 2.24) is 24.8 Å². The Kier molecular flexibility index (Phi) is 20.2. The van der Waals surface area contributed by atoms with Crippen LogP contribution >= 0.6 is 23.5 Å². The summed E-state index contributed by atoms with van der Waals surface area (Å²) in [5.74, 6) is -1.66. The second-order valence-electron chi connectivity index (χ2n) is 11.4. The van der Waals surface area contributed by atoms with Gasteiger partial charge in [-0.15, -0.1) is 0 Å². The molecule has 57 heavy (non-hydrogen) atoms. The summed E-state index contributed by atoms with van der Waals surface area (Å²) in [6, 6.07) is 0. The highest BCUT2D eigenvalue weighted by Crippen LogP contribution is 2.66. The van der Waals surface area contributed by atoms with E-state index >= 15 is 0 Å². The Bertz CT molecular complexity index is 1680. The number of amides is 1. The molecule has 3 rings (SSSR count). The van der Waals surface area contributed by atoms with Gasteiger partial charge in [0.15, 0.2) is 23.2 Å². The fourth-order valence-corrected chi connectivity index (χ4v) is 7.60. The zero-order valence-corrected chi connectivity index (χ0v) is 32.5. The van der Waals surface area contributed by atoms with E-state index in [9.17, 15) is 51.7 Å². The fourth-order valence-electron chi connectivity index (χ4n) is 4.57. The molecule has 31 heteroatoms. The molecule has 1 aliphatic heterocycles. The fraction of sp³-hybridized carbons (Fsp3) is 0.769. The number of aliphatic hydroxyl groups is 2. The number of carbonyl (C=O) groups excluding carboxylic acids is 1. The average molecular weight is 895 g/mol. The Balaban J connectivity index is 1.24. The second-order valence-corrected chi connectivity index (χ2v) is 15.8. The smallest absolute Gasteiger partial charge is 0.387 e. The van der Waals surface area contributed by atoms with E-state index in [4.69, 9.17) is 38.2 Å². The normalized spacial score (nSPS) is 21.1. The van der Waals surface area contributed by atoms with Crippen molar-refractivity contribution in [3.05, 3.63) is 12.7 Å². The number of anilines is 1. The van der Waals surface area contributed by atoms with E-state index in [-0.39, 0.29) is 44.0 Å². The monoisotopic (exact) mass is 894 g/mol. The van der Waals surface area contributed by atoms with Crippen LogP contribution in [-0.2, 0) is 60.1 Å². The summed E-state index contributed by atoms with van der Waals surface area (Å²) in [6.45, 7) is 2.30. The minimum Gasteiger partial charge on any atom is -0.387 e. The topological polar surface area (TPSA) is 340 Å². The van der Waals surface area contributed by atoms with Crippen molar-refractivity contribution in [3.63, 3.8) is 0 Å². The number of nitrogens with zero attached hydrogens (tertiary/aromatic N) is 4.